The summed E-state index contributed by atoms with van der Waals surface area (Å²) < 4.78 is 5.00. The minimum absolute atomic E-state index is 0.224. The largest absolute Gasteiger partial charge is 0.385 e. The molecule has 0 saturated heterocycles. The molecule has 1 unspecified atom stereocenters. The molecule has 0 aliphatic carbocycles. The van der Waals surface area contributed by atoms with Gasteiger partial charge >= 0.3 is 0 Å². The monoisotopic (exact) mass is 202 g/mol. The molecule has 0 saturated carbocycles. The second-order valence-electron chi connectivity index (χ2n) is 5.30. The first-order valence-electron chi connectivity index (χ1n) is 5.28. The lowest BCUT2D eigenvalue weighted by Crippen LogP contribution is -2.39. The molecule has 86 valence electrons. The number of nitrogens with zero attached hydrogens (tertiary/aromatic N) is 1. The Balaban J connectivity index is 3.65. The second kappa shape index (κ2) is 6.38. The average molecular weight is 202 g/mol. The van der Waals surface area contributed by atoms with Gasteiger partial charge in [-0.2, -0.15) is 0 Å². The van der Waals surface area contributed by atoms with Crippen LogP contribution in [0.2, 0.25) is 0 Å². The van der Waals surface area contributed by atoms with Crippen LogP contribution < -0.4 is 5.73 Å². The fraction of sp³-hybridized carbons (Fsp3) is 1.00. The number of nitrogens with two attached hydrogens (primary N) is 1. The summed E-state index contributed by atoms with van der Waals surface area (Å²) in [4.78, 5) is 2.29. The van der Waals surface area contributed by atoms with E-state index in [1.807, 2.05) is 0 Å². The maximum absolute atomic E-state index is 5.96. The first kappa shape index (κ1) is 13.9. The van der Waals surface area contributed by atoms with Crippen molar-refractivity contribution in [2.75, 3.05) is 33.9 Å². The highest BCUT2D eigenvalue weighted by Crippen LogP contribution is 2.14. The summed E-state index contributed by atoms with van der Waals surface area (Å²) in [7, 11) is 3.84. The van der Waals surface area contributed by atoms with E-state index in [0.29, 0.717) is 5.41 Å². The first-order chi connectivity index (χ1) is 6.35. The van der Waals surface area contributed by atoms with Crippen LogP contribution in [0.4, 0.5) is 0 Å². The first-order valence-corrected chi connectivity index (χ1v) is 5.28. The molecule has 0 fully saturated rings. The lowest BCUT2D eigenvalue weighted by molar-refractivity contribution is 0.170. The van der Waals surface area contributed by atoms with Crippen molar-refractivity contribution in [2.45, 2.75) is 33.2 Å². The maximum Gasteiger partial charge on any atom is 0.0477 e. The van der Waals surface area contributed by atoms with E-state index in [1.54, 1.807) is 7.11 Å². The van der Waals surface area contributed by atoms with E-state index in [0.717, 1.165) is 26.1 Å². The van der Waals surface area contributed by atoms with Gasteiger partial charge in [-0.05, 0) is 18.9 Å². The van der Waals surface area contributed by atoms with Crippen molar-refractivity contribution in [3.05, 3.63) is 0 Å². The van der Waals surface area contributed by atoms with E-state index in [1.165, 1.54) is 0 Å². The molecule has 0 amide bonds. The van der Waals surface area contributed by atoms with Crippen molar-refractivity contribution in [1.29, 1.82) is 0 Å². The zero-order valence-electron chi connectivity index (χ0n) is 10.3. The molecule has 3 heteroatoms. The third-order valence-electron chi connectivity index (χ3n) is 1.98. The topological polar surface area (TPSA) is 38.5 Å². The normalized spacial score (nSPS) is 14.8. The van der Waals surface area contributed by atoms with Crippen LogP contribution in [0, 0.1) is 5.41 Å². The molecule has 0 aromatic carbocycles. The molecule has 0 radical (unpaired) electrons. The third-order valence-corrected chi connectivity index (χ3v) is 1.98. The van der Waals surface area contributed by atoms with E-state index >= 15 is 0 Å². The average Bonchev–Trinajstić information content (AvgIpc) is 1.96. The summed E-state index contributed by atoms with van der Waals surface area (Å²) in [6.07, 6.45) is 0.935. The van der Waals surface area contributed by atoms with Gasteiger partial charge in [-0.25, -0.2) is 0 Å². The SMILES string of the molecule is COCCC(N)CN(C)CC(C)(C)C. The fourth-order valence-corrected chi connectivity index (χ4v) is 1.64. The number of likely N-dealkylation sites (N-methyl/N-ethyl adjacent to an activating group) is 1. The van der Waals surface area contributed by atoms with Gasteiger partial charge in [-0.3, -0.25) is 0 Å². The van der Waals surface area contributed by atoms with E-state index in [9.17, 15) is 0 Å². The second-order valence-corrected chi connectivity index (χ2v) is 5.30. The summed E-state index contributed by atoms with van der Waals surface area (Å²) in [5.41, 5.74) is 6.30. The molecule has 14 heavy (non-hydrogen) atoms. The molecule has 0 heterocycles. The molecular formula is C11H26N2O. The van der Waals surface area contributed by atoms with Crippen LogP contribution in [0.15, 0.2) is 0 Å². The van der Waals surface area contributed by atoms with E-state index in [-0.39, 0.29) is 6.04 Å². The lowest BCUT2D eigenvalue weighted by Gasteiger charge is -2.28. The zero-order chi connectivity index (χ0) is 11.2. The van der Waals surface area contributed by atoms with Gasteiger partial charge in [0.2, 0.25) is 0 Å². The van der Waals surface area contributed by atoms with E-state index < -0.39 is 0 Å². The van der Waals surface area contributed by atoms with Gasteiger partial charge in [-0.1, -0.05) is 20.8 Å². The highest BCUT2D eigenvalue weighted by atomic mass is 16.5. The minimum Gasteiger partial charge on any atom is -0.385 e. The maximum atomic E-state index is 5.96. The quantitative estimate of drug-likeness (QED) is 0.706. The molecular weight excluding hydrogens is 176 g/mol. The van der Waals surface area contributed by atoms with Gasteiger partial charge < -0.3 is 15.4 Å². The Bertz CT molecular complexity index is 143. The van der Waals surface area contributed by atoms with Crippen LogP contribution in [0.1, 0.15) is 27.2 Å². The number of methoxy groups -OCH3 is 1. The van der Waals surface area contributed by atoms with Crippen LogP contribution in [0.3, 0.4) is 0 Å². The van der Waals surface area contributed by atoms with E-state index in [2.05, 4.69) is 32.7 Å². The molecule has 1 atom stereocenters. The van der Waals surface area contributed by atoms with Gasteiger partial charge in [0.05, 0.1) is 0 Å². The van der Waals surface area contributed by atoms with Crippen LogP contribution in [0.25, 0.3) is 0 Å². The van der Waals surface area contributed by atoms with Crippen LogP contribution in [0.5, 0.6) is 0 Å². The third kappa shape index (κ3) is 8.48. The summed E-state index contributed by atoms with van der Waals surface area (Å²) in [6, 6.07) is 0.224. The predicted octanol–water partition coefficient (Wildman–Crippen LogP) is 1.33. The molecule has 0 aromatic heterocycles. The van der Waals surface area contributed by atoms with Gasteiger partial charge in [0.25, 0.3) is 0 Å². The minimum atomic E-state index is 0.224. The van der Waals surface area contributed by atoms with Gasteiger partial charge in [-0.15, -0.1) is 0 Å². The molecule has 0 aromatic rings. The number of hydrogen-bond donors (Lipinski definition) is 1. The van der Waals surface area contributed by atoms with Crippen molar-refractivity contribution >= 4 is 0 Å². The Hall–Kier alpha value is -0.120. The molecule has 0 spiro atoms. The smallest absolute Gasteiger partial charge is 0.0477 e. The van der Waals surface area contributed by atoms with Crippen molar-refractivity contribution in [2.24, 2.45) is 11.1 Å². The summed E-state index contributed by atoms with van der Waals surface area (Å²) in [5, 5.41) is 0. The molecule has 0 bridgehead atoms. The van der Waals surface area contributed by atoms with Crippen molar-refractivity contribution in [3.8, 4) is 0 Å². The Morgan fingerprint density at radius 1 is 1.36 bits per heavy atom. The van der Waals surface area contributed by atoms with Crippen molar-refractivity contribution in [3.63, 3.8) is 0 Å². The predicted molar refractivity (Wildman–Crippen MR) is 61.4 cm³/mol. The van der Waals surface area contributed by atoms with Gasteiger partial charge in [0.15, 0.2) is 0 Å². The highest BCUT2D eigenvalue weighted by Gasteiger charge is 2.15. The molecule has 0 aliphatic rings. The van der Waals surface area contributed by atoms with Crippen LogP contribution >= 0.6 is 0 Å². The lowest BCUT2D eigenvalue weighted by atomic mass is 9.96. The Morgan fingerprint density at radius 3 is 2.36 bits per heavy atom. The fourth-order valence-electron chi connectivity index (χ4n) is 1.64. The molecule has 0 rings (SSSR count). The number of rotatable bonds is 6. The molecule has 0 aliphatic heterocycles. The van der Waals surface area contributed by atoms with Crippen molar-refractivity contribution < 1.29 is 4.74 Å². The van der Waals surface area contributed by atoms with Gasteiger partial charge in [0.1, 0.15) is 0 Å². The number of ether oxygens (including phenoxy) is 1. The van der Waals surface area contributed by atoms with Crippen LogP contribution in [-0.2, 0) is 4.74 Å². The highest BCUT2D eigenvalue weighted by molar-refractivity contribution is 4.71. The zero-order valence-corrected chi connectivity index (χ0v) is 10.3. The summed E-state index contributed by atoms with van der Waals surface area (Å²) >= 11 is 0. The van der Waals surface area contributed by atoms with E-state index in [4.69, 9.17) is 10.5 Å². The van der Waals surface area contributed by atoms with Gasteiger partial charge in [0, 0.05) is 32.8 Å². The molecule has 3 nitrogen and oxygen atoms in total. The van der Waals surface area contributed by atoms with Crippen LogP contribution in [-0.4, -0.2) is 44.8 Å². The standard InChI is InChI=1S/C11H26N2O/c1-11(2,3)9-13(4)8-10(12)6-7-14-5/h10H,6-9,12H2,1-5H3. The van der Waals surface area contributed by atoms with Crippen molar-refractivity contribution in [1.82, 2.24) is 4.90 Å². The summed E-state index contributed by atoms with van der Waals surface area (Å²) in [6.45, 7) is 9.50. The Morgan fingerprint density at radius 2 is 1.93 bits per heavy atom. The Kier molecular flexibility index (Phi) is 6.33. The summed E-state index contributed by atoms with van der Waals surface area (Å²) in [5.74, 6) is 0. The number of hydrogen-bond acceptors (Lipinski definition) is 3. The molecule has 2 N–H and O–H groups in total. The Labute approximate surface area is 88.6 Å².